The number of nitrogens with one attached hydrogen (secondary N) is 1. The number of carbonyl (C=O) groups excluding carboxylic acids is 2. The Bertz CT molecular complexity index is 557. The van der Waals surface area contributed by atoms with Crippen LogP contribution in [-0.4, -0.2) is 43.5 Å². The van der Waals surface area contributed by atoms with Gasteiger partial charge in [-0.3, -0.25) is 9.59 Å². The molecule has 7 heteroatoms. The second kappa shape index (κ2) is 10.3. The zero-order chi connectivity index (χ0) is 17.5. The van der Waals surface area contributed by atoms with Gasteiger partial charge >= 0.3 is 0 Å². The third-order valence-electron chi connectivity index (χ3n) is 4.58. The first-order valence-electron chi connectivity index (χ1n) is 8.44. The Kier molecular flexibility index (Phi) is 8.72. The molecule has 1 aromatic carbocycles. The molecule has 1 atom stereocenters. The molecule has 2 rings (SSSR count). The molecule has 2 amide bonds. The molecule has 1 heterocycles. The van der Waals surface area contributed by atoms with Gasteiger partial charge in [-0.1, -0.05) is 19.1 Å². The van der Waals surface area contributed by atoms with E-state index in [1.165, 1.54) is 0 Å². The lowest BCUT2D eigenvalue weighted by Gasteiger charge is -2.32. The van der Waals surface area contributed by atoms with Crippen LogP contribution in [0.15, 0.2) is 24.3 Å². The number of ether oxygens (including phenoxy) is 1. The molecular formula is C18H28ClN3O3. The van der Waals surface area contributed by atoms with Gasteiger partial charge in [-0.2, -0.15) is 0 Å². The first-order chi connectivity index (χ1) is 11.5. The third-order valence-corrected chi connectivity index (χ3v) is 4.58. The number of nitrogens with zero attached hydrogens (tertiary/aromatic N) is 1. The summed E-state index contributed by atoms with van der Waals surface area (Å²) in [5.74, 6) is 0.777. The van der Waals surface area contributed by atoms with Gasteiger partial charge in [0, 0.05) is 38.0 Å². The maximum atomic E-state index is 12.3. The summed E-state index contributed by atoms with van der Waals surface area (Å²) in [5, 5.41) is 2.98. The molecule has 1 aliphatic heterocycles. The number of benzene rings is 1. The summed E-state index contributed by atoms with van der Waals surface area (Å²) < 4.78 is 5.12. The van der Waals surface area contributed by atoms with Crippen molar-refractivity contribution in [3.05, 3.63) is 29.8 Å². The largest absolute Gasteiger partial charge is 0.497 e. The van der Waals surface area contributed by atoms with Gasteiger partial charge in [-0.25, -0.2) is 0 Å². The Labute approximate surface area is 155 Å². The molecule has 0 saturated carbocycles. The minimum Gasteiger partial charge on any atom is -0.497 e. The monoisotopic (exact) mass is 369 g/mol. The molecule has 1 aromatic rings. The van der Waals surface area contributed by atoms with Crippen molar-refractivity contribution in [2.75, 3.05) is 26.7 Å². The van der Waals surface area contributed by atoms with Crippen LogP contribution < -0.4 is 15.8 Å². The minimum absolute atomic E-state index is 0. The third kappa shape index (κ3) is 5.90. The molecule has 1 aliphatic rings. The van der Waals surface area contributed by atoms with Crippen LogP contribution in [-0.2, 0) is 16.1 Å². The molecule has 1 saturated heterocycles. The molecule has 1 fully saturated rings. The fraction of sp³-hybridized carbons (Fsp3) is 0.556. The van der Waals surface area contributed by atoms with Gasteiger partial charge in [0.05, 0.1) is 7.11 Å². The average Bonchev–Trinajstić information content (AvgIpc) is 2.65. The molecule has 6 nitrogen and oxygen atoms in total. The number of carbonyl (C=O) groups is 2. The van der Waals surface area contributed by atoms with E-state index in [2.05, 4.69) is 5.32 Å². The van der Waals surface area contributed by atoms with Crippen molar-refractivity contribution in [1.29, 1.82) is 0 Å². The Balaban J connectivity index is 0.00000312. The number of hydrogen-bond donors (Lipinski definition) is 2. The molecule has 0 aromatic heterocycles. The quantitative estimate of drug-likeness (QED) is 0.797. The number of halogens is 1. The Morgan fingerprint density at radius 3 is 2.40 bits per heavy atom. The second-order valence-electron chi connectivity index (χ2n) is 6.30. The second-order valence-corrected chi connectivity index (χ2v) is 6.30. The summed E-state index contributed by atoms with van der Waals surface area (Å²) in [6.45, 7) is 3.97. The Hall–Kier alpha value is -1.79. The summed E-state index contributed by atoms with van der Waals surface area (Å²) in [4.78, 5) is 26.2. The van der Waals surface area contributed by atoms with Crippen molar-refractivity contribution in [1.82, 2.24) is 10.2 Å². The zero-order valence-corrected chi connectivity index (χ0v) is 15.7. The van der Waals surface area contributed by atoms with Crippen LogP contribution in [0, 0.1) is 11.8 Å². The number of nitrogens with two attached hydrogens (primary N) is 1. The summed E-state index contributed by atoms with van der Waals surface area (Å²) in [5.41, 5.74) is 6.58. The van der Waals surface area contributed by atoms with Gasteiger partial charge in [0.25, 0.3) is 0 Å². The molecule has 3 N–H and O–H groups in total. The van der Waals surface area contributed by atoms with Gasteiger partial charge in [0.15, 0.2) is 0 Å². The predicted octanol–water partition coefficient (Wildman–Crippen LogP) is 1.57. The van der Waals surface area contributed by atoms with E-state index in [-0.39, 0.29) is 36.1 Å². The smallest absolute Gasteiger partial charge is 0.226 e. The maximum absolute atomic E-state index is 12.3. The average molecular weight is 370 g/mol. The maximum Gasteiger partial charge on any atom is 0.226 e. The summed E-state index contributed by atoms with van der Waals surface area (Å²) in [6, 6.07) is 7.64. The van der Waals surface area contributed by atoms with Crippen LogP contribution in [0.4, 0.5) is 0 Å². The minimum atomic E-state index is -0.148. The summed E-state index contributed by atoms with van der Waals surface area (Å²) in [7, 11) is 1.63. The summed E-state index contributed by atoms with van der Waals surface area (Å²) >= 11 is 0. The van der Waals surface area contributed by atoms with Gasteiger partial charge in [0.2, 0.25) is 11.8 Å². The highest BCUT2D eigenvalue weighted by Crippen LogP contribution is 2.19. The van der Waals surface area contributed by atoms with Crippen LogP contribution in [0.2, 0.25) is 0 Å². The van der Waals surface area contributed by atoms with Gasteiger partial charge < -0.3 is 20.7 Å². The van der Waals surface area contributed by atoms with Crippen molar-refractivity contribution >= 4 is 24.2 Å². The fourth-order valence-electron chi connectivity index (χ4n) is 2.85. The molecule has 1 unspecified atom stereocenters. The molecule has 0 bridgehead atoms. The van der Waals surface area contributed by atoms with Gasteiger partial charge in [-0.05, 0) is 30.5 Å². The molecular weight excluding hydrogens is 342 g/mol. The topological polar surface area (TPSA) is 84.7 Å². The van der Waals surface area contributed by atoms with Crippen molar-refractivity contribution in [3.8, 4) is 5.75 Å². The van der Waals surface area contributed by atoms with E-state index in [9.17, 15) is 9.59 Å². The number of rotatable bonds is 6. The van der Waals surface area contributed by atoms with Gasteiger partial charge in [0.1, 0.15) is 5.75 Å². The van der Waals surface area contributed by atoms with Crippen LogP contribution in [0.5, 0.6) is 5.75 Å². The lowest BCUT2D eigenvalue weighted by molar-refractivity contribution is -0.138. The lowest BCUT2D eigenvalue weighted by Crippen LogP contribution is -2.45. The molecule has 140 valence electrons. The highest BCUT2D eigenvalue weighted by molar-refractivity contribution is 5.85. The van der Waals surface area contributed by atoms with Crippen molar-refractivity contribution in [3.63, 3.8) is 0 Å². The summed E-state index contributed by atoms with van der Waals surface area (Å²) in [6.07, 6.45) is 1.41. The Morgan fingerprint density at radius 1 is 1.28 bits per heavy atom. The standard InChI is InChI=1S/C18H27N3O3.ClH/c1-13(11-19)18(23)21-9-7-15(8-10-21)17(22)20-12-14-3-5-16(24-2)6-4-14;/h3-6,13,15H,7-12,19H2,1-2H3,(H,20,22);1H. The highest BCUT2D eigenvalue weighted by Gasteiger charge is 2.28. The van der Waals surface area contributed by atoms with Crippen LogP contribution in [0.3, 0.4) is 0 Å². The first kappa shape index (κ1) is 21.3. The lowest BCUT2D eigenvalue weighted by atomic mass is 9.95. The number of amides is 2. The van der Waals surface area contributed by atoms with Crippen LogP contribution >= 0.6 is 12.4 Å². The number of hydrogen-bond acceptors (Lipinski definition) is 4. The molecule has 0 spiro atoms. The molecule has 0 radical (unpaired) electrons. The predicted molar refractivity (Wildman–Crippen MR) is 99.6 cm³/mol. The van der Waals surface area contributed by atoms with Crippen molar-refractivity contribution in [2.45, 2.75) is 26.3 Å². The van der Waals surface area contributed by atoms with Gasteiger partial charge in [-0.15, -0.1) is 12.4 Å². The van der Waals surface area contributed by atoms with Crippen LogP contribution in [0.1, 0.15) is 25.3 Å². The van der Waals surface area contributed by atoms with Crippen molar-refractivity contribution < 1.29 is 14.3 Å². The number of methoxy groups -OCH3 is 1. The van der Waals surface area contributed by atoms with Crippen LogP contribution in [0.25, 0.3) is 0 Å². The van der Waals surface area contributed by atoms with E-state index in [0.717, 1.165) is 11.3 Å². The number of piperidine rings is 1. The normalized spacial score (nSPS) is 15.9. The molecule has 0 aliphatic carbocycles. The van der Waals surface area contributed by atoms with Crippen molar-refractivity contribution in [2.24, 2.45) is 17.6 Å². The van der Waals surface area contributed by atoms with E-state index in [0.29, 0.717) is 39.0 Å². The highest BCUT2D eigenvalue weighted by atomic mass is 35.5. The van der Waals surface area contributed by atoms with E-state index in [1.54, 1.807) is 7.11 Å². The first-order valence-corrected chi connectivity index (χ1v) is 8.44. The SMILES string of the molecule is COc1ccc(CNC(=O)C2CCN(C(=O)C(C)CN)CC2)cc1.Cl. The van der Waals surface area contributed by atoms with E-state index >= 15 is 0 Å². The fourth-order valence-corrected chi connectivity index (χ4v) is 2.85. The van der Waals surface area contributed by atoms with E-state index < -0.39 is 0 Å². The molecule has 25 heavy (non-hydrogen) atoms. The Morgan fingerprint density at radius 2 is 1.88 bits per heavy atom. The van der Waals surface area contributed by atoms with E-state index in [1.807, 2.05) is 36.1 Å². The van der Waals surface area contributed by atoms with E-state index in [4.69, 9.17) is 10.5 Å². The number of likely N-dealkylation sites (tertiary alicyclic amines) is 1. The zero-order valence-electron chi connectivity index (χ0n) is 14.9.